The van der Waals surface area contributed by atoms with E-state index in [-0.39, 0.29) is 11.9 Å². The van der Waals surface area contributed by atoms with Crippen LogP contribution in [-0.2, 0) is 9.36 Å². The van der Waals surface area contributed by atoms with E-state index in [9.17, 15) is 9.36 Å². The Morgan fingerprint density at radius 2 is 2.07 bits per heavy atom. The molecule has 0 saturated carbocycles. The summed E-state index contributed by atoms with van der Waals surface area (Å²) in [6.45, 7) is 1.37. The molecule has 14 heavy (non-hydrogen) atoms. The number of aliphatic carboxylic acids is 1. The lowest BCUT2D eigenvalue weighted by atomic mass is 10.0. The first-order valence-electron chi connectivity index (χ1n) is 3.80. The molecule has 0 saturated heterocycles. The van der Waals surface area contributed by atoms with E-state index in [0.717, 1.165) is 11.8 Å². The zero-order valence-corrected chi connectivity index (χ0v) is 9.42. The van der Waals surface area contributed by atoms with Crippen LogP contribution < -0.4 is 5.73 Å². The van der Waals surface area contributed by atoms with Crippen molar-refractivity contribution in [1.82, 2.24) is 0 Å². The molecule has 0 aromatic rings. The van der Waals surface area contributed by atoms with Crippen molar-refractivity contribution in [1.29, 1.82) is 0 Å². The van der Waals surface area contributed by atoms with Gasteiger partial charge in [0.15, 0.2) is 0 Å². The quantitative estimate of drug-likeness (QED) is 0.384. The molecule has 0 aromatic heterocycles. The lowest BCUT2D eigenvalue weighted by molar-refractivity contribution is -0.142. The second-order valence-corrected chi connectivity index (χ2v) is 6.35. The van der Waals surface area contributed by atoms with E-state index >= 15 is 0 Å². The van der Waals surface area contributed by atoms with E-state index in [1.54, 1.807) is 0 Å². The molecule has 0 heterocycles. The van der Waals surface area contributed by atoms with Gasteiger partial charge in [0.1, 0.15) is 5.54 Å². The third kappa shape index (κ3) is 6.39. The third-order valence-corrected chi connectivity index (χ3v) is 4.08. The van der Waals surface area contributed by atoms with Crippen molar-refractivity contribution in [2.24, 2.45) is 5.73 Å². The van der Waals surface area contributed by atoms with Crippen molar-refractivity contribution in [3.63, 3.8) is 0 Å². The van der Waals surface area contributed by atoms with Crippen molar-refractivity contribution >= 4 is 25.3 Å². The second kappa shape index (κ2) is 5.14. The van der Waals surface area contributed by atoms with Gasteiger partial charge in [-0.05, 0) is 19.1 Å². The highest BCUT2D eigenvalue weighted by Gasteiger charge is 2.27. The van der Waals surface area contributed by atoms with Crippen LogP contribution in [0.2, 0.25) is 0 Å². The number of hydrogen-bond donors (Lipinski definition) is 4. The molecular weight excluding hydrogens is 229 g/mol. The van der Waals surface area contributed by atoms with Crippen molar-refractivity contribution in [3.05, 3.63) is 0 Å². The first kappa shape index (κ1) is 13.9. The van der Waals surface area contributed by atoms with Gasteiger partial charge in [-0.3, -0.25) is 9.36 Å². The van der Waals surface area contributed by atoms with Crippen LogP contribution in [0, 0.1) is 0 Å². The van der Waals surface area contributed by atoms with Gasteiger partial charge in [-0.25, -0.2) is 0 Å². The van der Waals surface area contributed by atoms with Gasteiger partial charge in [0, 0.05) is 0 Å². The molecule has 0 bridgehead atoms. The molecule has 0 unspecified atom stereocenters. The molecule has 0 radical (unpaired) electrons. The Balaban J connectivity index is 3.76. The van der Waals surface area contributed by atoms with Crippen molar-refractivity contribution < 1.29 is 24.3 Å². The van der Waals surface area contributed by atoms with Crippen LogP contribution in [0.25, 0.3) is 0 Å². The van der Waals surface area contributed by atoms with Gasteiger partial charge in [-0.2, -0.15) is 0 Å². The zero-order valence-electron chi connectivity index (χ0n) is 7.71. The molecule has 0 aromatic carbocycles. The van der Waals surface area contributed by atoms with Crippen LogP contribution in [0.3, 0.4) is 0 Å². The molecule has 0 fully saturated rings. The van der Waals surface area contributed by atoms with Crippen molar-refractivity contribution in [2.45, 2.75) is 18.9 Å². The van der Waals surface area contributed by atoms with E-state index in [1.165, 1.54) is 6.92 Å². The normalized spacial score (nSPS) is 16.3. The number of carboxylic acids is 1. The highest BCUT2D eigenvalue weighted by molar-refractivity contribution is 8.04. The minimum Gasteiger partial charge on any atom is -0.480 e. The lowest BCUT2D eigenvalue weighted by Gasteiger charge is -2.18. The van der Waals surface area contributed by atoms with Crippen LogP contribution in [-0.4, -0.2) is 37.6 Å². The summed E-state index contributed by atoms with van der Waals surface area (Å²) in [5.41, 5.74) is 3.77. The number of rotatable bonds is 6. The standard InChI is InChI=1S/C6H14NO5PS/c1-6(7,5(8)9)2-3-14-4-13(10,11)12/h2-4,7H2,1H3,(H,8,9)(H2,10,11,12)/t6-/m1/s1. The highest BCUT2D eigenvalue weighted by atomic mass is 32.2. The van der Waals surface area contributed by atoms with Crippen molar-refractivity contribution in [3.8, 4) is 0 Å². The van der Waals surface area contributed by atoms with E-state index in [0.29, 0.717) is 5.75 Å². The molecule has 1 atom stereocenters. The molecule has 0 amide bonds. The number of carboxylic acid groups (broad SMARTS) is 1. The molecule has 0 spiro atoms. The maximum absolute atomic E-state index is 10.5. The fraction of sp³-hybridized carbons (Fsp3) is 0.833. The monoisotopic (exact) mass is 243 g/mol. The largest absolute Gasteiger partial charge is 0.480 e. The maximum Gasteiger partial charge on any atom is 0.335 e. The molecule has 0 aliphatic carbocycles. The average Bonchev–Trinajstić information content (AvgIpc) is 1.96. The lowest BCUT2D eigenvalue weighted by Crippen LogP contribution is -2.45. The predicted octanol–water partition coefficient (Wildman–Crippen LogP) is 0.0469. The Morgan fingerprint density at radius 1 is 1.57 bits per heavy atom. The summed E-state index contributed by atoms with van der Waals surface area (Å²) in [6, 6.07) is 0. The minimum atomic E-state index is -4.00. The van der Waals surface area contributed by atoms with E-state index in [1.807, 2.05) is 0 Å². The average molecular weight is 243 g/mol. The molecule has 84 valence electrons. The van der Waals surface area contributed by atoms with Crippen LogP contribution in [0.1, 0.15) is 13.3 Å². The Labute approximate surface area is 86.0 Å². The SMILES string of the molecule is C[C@@](N)(CCSCP(=O)(O)O)C(=O)O. The molecule has 0 aliphatic heterocycles. The zero-order chi connectivity index (χ0) is 11.4. The summed E-state index contributed by atoms with van der Waals surface area (Å²) < 4.78 is 10.4. The summed E-state index contributed by atoms with van der Waals surface area (Å²) in [4.78, 5) is 27.5. The van der Waals surface area contributed by atoms with Gasteiger partial charge in [0.25, 0.3) is 0 Å². The molecule has 5 N–H and O–H groups in total. The number of nitrogens with two attached hydrogens (primary N) is 1. The van der Waals surface area contributed by atoms with E-state index in [2.05, 4.69) is 0 Å². The third-order valence-electron chi connectivity index (χ3n) is 1.51. The minimum absolute atomic E-state index is 0.174. The van der Waals surface area contributed by atoms with Crippen LogP contribution in [0.15, 0.2) is 0 Å². The summed E-state index contributed by atoms with van der Waals surface area (Å²) in [5, 5.41) is 8.61. The molecule has 8 heteroatoms. The summed E-state index contributed by atoms with van der Waals surface area (Å²) >= 11 is 0.998. The van der Waals surface area contributed by atoms with Crippen LogP contribution >= 0.6 is 19.4 Å². The molecular formula is C6H14NO5PS. The topological polar surface area (TPSA) is 121 Å². The Hall–Kier alpha value is -0.0700. The first-order valence-corrected chi connectivity index (χ1v) is 6.75. The Kier molecular flexibility index (Phi) is 5.11. The molecule has 0 aliphatic rings. The number of hydrogen-bond acceptors (Lipinski definition) is 4. The summed E-state index contributed by atoms with van der Waals surface area (Å²) in [6.07, 6.45) is 0.174. The smallest absolute Gasteiger partial charge is 0.335 e. The van der Waals surface area contributed by atoms with E-state index in [4.69, 9.17) is 20.6 Å². The predicted molar refractivity (Wildman–Crippen MR) is 54.2 cm³/mol. The summed E-state index contributed by atoms with van der Waals surface area (Å²) in [5.74, 6) is -0.806. The van der Waals surface area contributed by atoms with Crippen LogP contribution in [0.5, 0.6) is 0 Å². The fourth-order valence-corrected chi connectivity index (χ4v) is 2.61. The Bertz CT molecular complexity index is 251. The van der Waals surface area contributed by atoms with Crippen molar-refractivity contribution in [2.75, 3.05) is 11.2 Å². The number of thioether (sulfide) groups is 1. The second-order valence-electron chi connectivity index (χ2n) is 3.17. The maximum atomic E-state index is 10.5. The van der Waals surface area contributed by atoms with Crippen LogP contribution in [0.4, 0.5) is 0 Å². The van der Waals surface area contributed by atoms with Gasteiger partial charge >= 0.3 is 13.6 Å². The van der Waals surface area contributed by atoms with Gasteiger partial charge in [-0.1, -0.05) is 0 Å². The fourth-order valence-electron chi connectivity index (χ4n) is 0.575. The van der Waals surface area contributed by atoms with Gasteiger partial charge in [0.05, 0.1) is 5.49 Å². The van der Waals surface area contributed by atoms with E-state index < -0.39 is 19.1 Å². The molecule has 0 rings (SSSR count). The summed E-state index contributed by atoms with van der Waals surface area (Å²) in [7, 11) is -4.00. The first-order chi connectivity index (χ1) is 6.15. The number of carbonyl (C=O) groups is 1. The Morgan fingerprint density at radius 3 is 2.43 bits per heavy atom. The highest BCUT2D eigenvalue weighted by Crippen LogP contribution is 2.38. The van der Waals surface area contributed by atoms with Gasteiger partial charge < -0.3 is 20.6 Å². The molecule has 6 nitrogen and oxygen atoms in total. The van der Waals surface area contributed by atoms with Gasteiger partial charge in [0.2, 0.25) is 0 Å². The van der Waals surface area contributed by atoms with Gasteiger partial charge in [-0.15, -0.1) is 11.8 Å².